The first kappa shape index (κ1) is 13.6. The zero-order valence-electron chi connectivity index (χ0n) is 10.4. The summed E-state index contributed by atoms with van der Waals surface area (Å²) in [5, 5.41) is 8.92. The minimum atomic E-state index is -0.249. The average Bonchev–Trinajstić information content (AvgIpc) is 2.42. The Labute approximate surface area is 120 Å². The number of rotatable bonds is 3. The molecule has 19 heavy (non-hydrogen) atoms. The van der Waals surface area contributed by atoms with Gasteiger partial charge in [-0.15, -0.1) is 0 Å². The molecule has 0 unspecified atom stereocenters. The van der Waals surface area contributed by atoms with Gasteiger partial charge in [-0.05, 0) is 65.3 Å². The average molecular weight is 319 g/mol. The third-order valence-electron chi connectivity index (χ3n) is 2.84. The van der Waals surface area contributed by atoms with Gasteiger partial charge in [-0.3, -0.25) is 0 Å². The van der Waals surface area contributed by atoms with Gasteiger partial charge in [0.15, 0.2) is 0 Å². The number of nitrogens with zero attached hydrogens (tertiary/aromatic N) is 2. The smallest absolute Gasteiger partial charge is 0.123 e. The van der Waals surface area contributed by atoms with Gasteiger partial charge in [0.2, 0.25) is 0 Å². The van der Waals surface area contributed by atoms with Crippen molar-refractivity contribution in [3.63, 3.8) is 0 Å². The molecule has 0 aromatic heterocycles. The van der Waals surface area contributed by atoms with E-state index in [0.29, 0.717) is 5.56 Å². The van der Waals surface area contributed by atoms with Crippen LogP contribution < -0.4 is 4.90 Å². The van der Waals surface area contributed by atoms with Gasteiger partial charge in [-0.2, -0.15) is 5.26 Å². The molecule has 0 saturated carbocycles. The fourth-order valence-corrected chi connectivity index (χ4v) is 2.35. The molecule has 0 saturated heterocycles. The van der Waals surface area contributed by atoms with E-state index in [9.17, 15) is 4.39 Å². The summed E-state index contributed by atoms with van der Waals surface area (Å²) < 4.78 is 13.7. The van der Waals surface area contributed by atoms with Gasteiger partial charge >= 0.3 is 0 Å². The van der Waals surface area contributed by atoms with E-state index in [2.05, 4.69) is 22.0 Å². The predicted octanol–water partition coefficient (Wildman–Crippen LogP) is 4.62. The van der Waals surface area contributed by atoms with E-state index in [1.54, 1.807) is 18.2 Å². The monoisotopic (exact) mass is 318 g/mol. The third-order valence-corrected chi connectivity index (χ3v) is 3.50. The highest BCUT2D eigenvalue weighted by atomic mass is 79.9. The summed E-state index contributed by atoms with van der Waals surface area (Å²) in [6.45, 7) is 2.78. The van der Waals surface area contributed by atoms with Gasteiger partial charge in [-0.25, -0.2) is 4.39 Å². The van der Waals surface area contributed by atoms with Gasteiger partial charge in [-0.1, -0.05) is 0 Å². The van der Waals surface area contributed by atoms with Crippen LogP contribution in [0.25, 0.3) is 0 Å². The van der Waals surface area contributed by atoms with Gasteiger partial charge in [0.25, 0.3) is 0 Å². The van der Waals surface area contributed by atoms with E-state index < -0.39 is 0 Å². The maximum absolute atomic E-state index is 13.0. The van der Waals surface area contributed by atoms with Gasteiger partial charge < -0.3 is 4.90 Å². The lowest BCUT2D eigenvalue weighted by Gasteiger charge is -2.23. The quantitative estimate of drug-likeness (QED) is 0.825. The van der Waals surface area contributed by atoms with Crippen LogP contribution in [0.5, 0.6) is 0 Å². The zero-order chi connectivity index (χ0) is 13.8. The molecule has 2 aromatic rings. The second kappa shape index (κ2) is 5.85. The van der Waals surface area contributed by atoms with Crippen molar-refractivity contribution in [2.24, 2.45) is 0 Å². The molecular formula is C15H12BrFN2. The Morgan fingerprint density at radius 1 is 1.16 bits per heavy atom. The van der Waals surface area contributed by atoms with E-state index >= 15 is 0 Å². The lowest BCUT2D eigenvalue weighted by Crippen LogP contribution is -2.15. The first-order valence-electron chi connectivity index (χ1n) is 5.88. The molecule has 0 radical (unpaired) electrons. The molecule has 4 heteroatoms. The first-order chi connectivity index (χ1) is 9.15. The van der Waals surface area contributed by atoms with E-state index in [0.717, 1.165) is 22.4 Å². The minimum absolute atomic E-state index is 0.249. The molecule has 0 spiro atoms. The second-order valence-electron chi connectivity index (χ2n) is 4.00. The molecule has 2 rings (SSSR count). The van der Waals surface area contributed by atoms with Crippen LogP contribution in [0.2, 0.25) is 0 Å². The minimum Gasteiger partial charge on any atom is -0.342 e. The zero-order valence-corrected chi connectivity index (χ0v) is 12.0. The van der Waals surface area contributed by atoms with Crippen molar-refractivity contribution in [1.29, 1.82) is 5.26 Å². The van der Waals surface area contributed by atoms with Gasteiger partial charge in [0, 0.05) is 22.4 Å². The molecule has 0 amide bonds. The molecule has 0 fully saturated rings. The Balaban J connectivity index is 2.40. The van der Waals surface area contributed by atoms with Crippen LogP contribution in [-0.4, -0.2) is 6.54 Å². The molecule has 0 atom stereocenters. The maximum Gasteiger partial charge on any atom is 0.123 e. The van der Waals surface area contributed by atoms with Crippen LogP contribution in [-0.2, 0) is 0 Å². The highest BCUT2D eigenvalue weighted by Crippen LogP contribution is 2.29. The molecular weight excluding hydrogens is 307 g/mol. The standard InChI is InChI=1S/C15H12BrFN2/c1-2-19(13-7-4-12(17)5-8-13)14-6-3-11(10-18)15(16)9-14/h3-9H,2H2,1H3. The Bertz CT molecular complexity index is 617. The van der Waals surface area contributed by atoms with E-state index in [-0.39, 0.29) is 5.82 Å². The van der Waals surface area contributed by atoms with Crippen molar-refractivity contribution >= 4 is 27.3 Å². The summed E-state index contributed by atoms with van der Waals surface area (Å²) in [5.41, 5.74) is 2.47. The Morgan fingerprint density at radius 2 is 1.79 bits per heavy atom. The fraction of sp³-hybridized carbons (Fsp3) is 0.133. The first-order valence-corrected chi connectivity index (χ1v) is 6.67. The largest absolute Gasteiger partial charge is 0.342 e. The van der Waals surface area contributed by atoms with Crippen LogP contribution in [0, 0.1) is 17.1 Å². The second-order valence-corrected chi connectivity index (χ2v) is 4.85. The molecule has 0 aliphatic carbocycles. The normalized spacial score (nSPS) is 10.0. The number of anilines is 2. The number of halogens is 2. The van der Waals surface area contributed by atoms with Gasteiger partial charge in [0.1, 0.15) is 11.9 Å². The SMILES string of the molecule is CCN(c1ccc(F)cc1)c1ccc(C#N)c(Br)c1. The van der Waals surface area contributed by atoms with Crippen LogP contribution in [0.4, 0.5) is 15.8 Å². The molecule has 0 bridgehead atoms. The molecule has 2 nitrogen and oxygen atoms in total. The van der Waals surface area contributed by atoms with Gasteiger partial charge in [0.05, 0.1) is 5.56 Å². The highest BCUT2D eigenvalue weighted by molar-refractivity contribution is 9.10. The van der Waals surface area contributed by atoms with Crippen LogP contribution in [0.1, 0.15) is 12.5 Å². The third kappa shape index (κ3) is 2.94. The lowest BCUT2D eigenvalue weighted by molar-refractivity contribution is 0.628. The molecule has 0 aliphatic heterocycles. The highest BCUT2D eigenvalue weighted by Gasteiger charge is 2.09. The number of hydrogen-bond acceptors (Lipinski definition) is 2. The molecule has 96 valence electrons. The van der Waals surface area contributed by atoms with Crippen molar-refractivity contribution in [1.82, 2.24) is 0 Å². The maximum atomic E-state index is 13.0. The summed E-state index contributed by atoms with van der Waals surface area (Å²) >= 11 is 3.38. The summed E-state index contributed by atoms with van der Waals surface area (Å²) in [4.78, 5) is 2.05. The number of hydrogen-bond donors (Lipinski definition) is 0. The van der Waals surface area contributed by atoms with Crippen molar-refractivity contribution in [3.8, 4) is 6.07 Å². The fourth-order valence-electron chi connectivity index (χ4n) is 1.90. The molecule has 0 N–H and O–H groups in total. The van der Waals surface area contributed by atoms with Crippen molar-refractivity contribution in [2.75, 3.05) is 11.4 Å². The summed E-state index contributed by atoms with van der Waals surface area (Å²) in [6, 6.07) is 14.0. The molecule has 0 heterocycles. The Morgan fingerprint density at radius 3 is 2.32 bits per heavy atom. The summed E-state index contributed by atoms with van der Waals surface area (Å²) in [7, 11) is 0. The van der Waals surface area contributed by atoms with E-state index in [4.69, 9.17) is 5.26 Å². The van der Waals surface area contributed by atoms with E-state index in [1.165, 1.54) is 12.1 Å². The molecule has 2 aromatic carbocycles. The van der Waals surface area contributed by atoms with E-state index in [1.807, 2.05) is 24.0 Å². The predicted molar refractivity (Wildman–Crippen MR) is 77.9 cm³/mol. The molecule has 0 aliphatic rings. The summed E-state index contributed by atoms with van der Waals surface area (Å²) in [5.74, 6) is -0.249. The van der Waals surface area contributed by atoms with Crippen molar-refractivity contribution < 1.29 is 4.39 Å². The van der Waals surface area contributed by atoms with Crippen molar-refractivity contribution in [2.45, 2.75) is 6.92 Å². The Kier molecular flexibility index (Phi) is 4.18. The number of nitriles is 1. The van der Waals surface area contributed by atoms with Crippen LogP contribution in [0.15, 0.2) is 46.9 Å². The Hall–Kier alpha value is -1.86. The lowest BCUT2D eigenvalue weighted by atomic mass is 10.2. The van der Waals surface area contributed by atoms with Crippen molar-refractivity contribution in [3.05, 3.63) is 58.3 Å². The van der Waals surface area contributed by atoms with Crippen LogP contribution in [0.3, 0.4) is 0 Å². The summed E-state index contributed by atoms with van der Waals surface area (Å²) in [6.07, 6.45) is 0. The van der Waals surface area contributed by atoms with Crippen LogP contribution >= 0.6 is 15.9 Å². The topological polar surface area (TPSA) is 27.0 Å². The number of benzene rings is 2.